The molecule has 6 nitrogen and oxygen atoms in total. The van der Waals surface area contributed by atoms with Gasteiger partial charge in [-0.25, -0.2) is 9.78 Å². The number of rotatable bonds is 8. The van der Waals surface area contributed by atoms with E-state index in [0.29, 0.717) is 17.6 Å². The van der Waals surface area contributed by atoms with Crippen molar-refractivity contribution in [2.75, 3.05) is 7.05 Å². The number of thiazole rings is 1. The van der Waals surface area contributed by atoms with Gasteiger partial charge in [-0.2, -0.15) is 0 Å². The van der Waals surface area contributed by atoms with E-state index in [1.54, 1.807) is 11.9 Å². The lowest BCUT2D eigenvalue weighted by molar-refractivity contribution is 0.0690. The number of aromatic nitrogens is 1. The van der Waals surface area contributed by atoms with Crippen LogP contribution in [0.15, 0.2) is 5.38 Å². The third kappa shape index (κ3) is 4.40. The molecule has 109 valence electrons. The average Bonchev–Trinajstić information content (AvgIpc) is 2.85. The number of hydrogen-bond donors (Lipinski definition) is 2. The first-order valence-corrected chi connectivity index (χ1v) is 7.12. The van der Waals surface area contributed by atoms with Gasteiger partial charge in [0.05, 0.1) is 6.19 Å². The van der Waals surface area contributed by atoms with Crippen LogP contribution < -0.4 is 0 Å². The summed E-state index contributed by atoms with van der Waals surface area (Å²) >= 11 is 1.12. The van der Waals surface area contributed by atoms with Crippen molar-refractivity contribution in [2.24, 2.45) is 5.92 Å². The van der Waals surface area contributed by atoms with E-state index in [2.05, 4.69) is 4.98 Å². The molecule has 0 bridgehead atoms. The smallest absolute Gasteiger partial charge is 0.355 e. The van der Waals surface area contributed by atoms with Crippen LogP contribution in [0.3, 0.4) is 0 Å². The third-order valence-corrected chi connectivity index (χ3v) is 4.03. The molecular weight excluding hydrogens is 279 g/mol. The van der Waals surface area contributed by atoms with Crippen molar-refractivity contribution in [3.8, 4) is 0 Å². The molecule has 1 radical (unpaired) electrons. The predicted molar refractivity (Wildman–Crippen MR) is 77.5 cm³/mol. The molecule has 0 amide bonds. The first-order chi connectivity index (χ1) is 9.36. The normalized spacial score (nSPS) is 14.3. The Kier molecular flexibility index (Phi) is 6.32. The molecule has 1 rings (SSSR count). The summed E-state index contributed by atoms with van der Waals surface area (Å²) in [4.78, 5) is 27.0. The van der Waals surface area contributed by atoms with Crippen molar-refractivity contribution in [3.05, 3.63) is 16.1 Å². The van der Waals surface area contributed by atoms with Crippen LogP contribution in [-0.4, -0.2) is 52.7 Å². The molecule has 8 heteroatoms. The maximum atomic E-state index is 10.8. The molecule has 0 saturated carbocycles. The van der Waals surface area contributed by atoms with E-state index < -0.39 is 12.1 Å². The minimum Gasteiger partial charge on any atom is -0.476 e. The van der Waals surface area contributed by atoms with E-state index >= 15 is 0 Å². The number of carboxylic acids is 1. The summed E-state index contributed by atoms with van der Waals surface area (Å²) in [5.41, 5.74) is -0.0574. The lowest BCUT2D eigenvalue weighted by Crippen LogP contribution is -2.40. The van der Waals surface area contributed by atoms with Crippen molar-refractivity contribution in [1.82, 2.24) is 9.79 Å². The number of carbonyl (C=O) groups is 2. The quantitative estimate of drug-likeness (QED) is 0.550. The van der Waals surface area contributed by atoms with Crippen molar-refractivity contribution in [2.45, 2.75) is 32.4 Å². The Morgan fingerprint density at radius 3 is 2.70 bits per heavy atom. The molecule has 20 heavy (non-hydrogen) atoms. The third-order valence-electron chi connectivity index (χ3n) is 3.08. The Labute approximate surface area is 122 Å². The fraction of sp³-hybridized carbons (Fsp3) is 0.583. The second-order valence-electron chi connectivity index (χ2n) is 4.89. The second kappa shape index (κ2) is 7.51. The molecule has 0 aliphatic heterocycles. The van der Waals surface area contributed by atoms with E-state index in [1.807, 2.05) is 13.8 Å². The highest BCUT2D eigenvalue weighted by atomic mass is 32.1. The molecule has 0 fully saturated rings. The number of carboxylic acid groups (broad SMARTS) is 1. The van der Waals surface area contributed by atoms with Gasteiger partial charge in [-0.05, 0) is 19.4 Å². The summed E-state index contributed by atoms with van der Waals surface area (Å²) in [5.74, 6) is -0.878. The zero-order chi connectivity index (χ0) is 15.3. The molecule has 0 aliphatic carbocycles. The fourth-order valence-corrected chi connectivity index (χ4v) is 2.77. The SMILES string of the molecule is CC(C)[C@@H](C[C@H](O)c1nc(C(=O)O)cs1)N(C)[B]C=O. The summed E-state index contributed by atoms with van der Waals surface area (Å²) in [6.07, 6.45) is 0.238. The molecule has 0 saturated heterocycles. The Hall–Kier alpha value is -1.25. The molecule has 0 aliphatic rings. The summed E-state index contributed by atoms with van der Waals surface area (Å²) in [6.45, 7) is 3.99. The van der Waals surface area contributed by atoms with Crippen LogP contribution in [-0.2, 0) is 4.79 Å². The summed E-state index contributed by atoms with van der Waals surface area (Å²) in [7, 11) is 3.19. The number of nitrogens with zero attached hydrogens (tertiary/aromatic N) is 2. The van der Waals surface area contributed by atoms with Crippen molar-refractivity contribution < 1.29 is 19.8 Å². The maximum absolute atomic E-state index is 10.8. The predicted octanol–water partition coefficient (Wildman–Crippen LogP) is 1.03. The minimum atomic E-state index is -1.11. The summed E-state index contributed by atoms with van der Waals surface area (Å²) in [5, 5.41) is 20.8. The van der Waals surface area contributed by atoms with E-state index in [0.717, 1.165) is 11.3 Å². The first-order valence-electron chi connectivity index (χ1n) is 6.24. The van der Waals surface area contributed by atoms with Gasteiger partial charge in [-0.15, -0.1) is 11.3 Å². The first kappa shape index (κ1) is 16.8. The Balaban J connectivity index is 2.76. The summed E-state index contributed by atoms with van der Waals surface area (Å²) < 4.78 is 0. The number of carbonyl (C=O) groups excluding carboxylic acids is 1. The van der Waals surface area contributed by atoms with E-state index in [1.165, 1.54) is 12.8 Å². The Morgan fingerprint density at radius 1 is 1.60 bits per heavy atom. The molecule has 2 atom stereocenters. The van der Waals surface area contributed by atoms with Crippen LogP contribution in [0.25, 0.3) is 0 Å². The van der Waals surface area contributed by atoms with Crippen molar-refractivity contribution >= 4 is 30.9 Å². The lowest BCUT2D eigenvalue weighted by Gasteiger charge is -2.31. The topological polar surface area (TPSA) is 90.7 Å². The van der Waals surface area contributed by atoms with Gasteiger partial charge in [-0.3, -0.25) is 0 Å². The average molecular weight is 297 g/mol. The maximum Gasteiger partial charge on any atom is 0.355 e. The van der Waals surface area contributed by atoms with Gasteiger partial charge in [-0.1, -0.05) is 13.8 Å². The van der Waals surface area contributed by atoms with E-state index in [9.17, 15) is 14.7 Å². The molecule has 1 aromatic heterocycles. The van der Waals surface area contributed by atoms with Crippen LogP contribution >= 0.6 is 11.3 Å². The van der Waals surface area contributed by atoms with Gasteiger partial charge in [0.25, 0.3) is 7.41 Å². The lowest BCUT2D eigenvalue weighted by atomic mass is 9.86. The summed E-state index contributed by atoms with van der Waals surface area (Å²) in [6, 6.07) is -0.0348. The molecule has 0 aromatic carbocycles. The van der Waals surface area contributed by atoms with Crippen molar-refractivity contribution in [1.29, 1.82) is 0 Å². The highest BCUT2D eigenvalue weighted by Gasteiger charge is 2.25. The Morgan fingerprint density at radius 2 is 2.25 bits per heavy atom. The number of aromatic carboxylic acids is 1. The second-order valence-corrected chi connectivity index (χ2v) is 5.78. The molecule has 2 N–H and O–H groups in total. The molecule has 1 aromatic rings. The highest BCUT2D eigenvalue weighted by molar-refractivity contribution is 7.09. The standard InChI is InChI=1S/C12H18BN2O4S/c1-7(2)9(15(3)13-6-16)4-10(17)11-14-8(5-20-11)12(18)19/h5-7,9-10,17H,4H2,1-3H3,(H,18,19)/t9-,10+/m1/s1. The number of hydrogen-bond acceptors (Lipinski definition) is 6. The Bertz CT molecular complexity index is 466. The monoisotopic (exact) mass is 297 g/mol. The van der Waals surface area contributed by atoms with Gasteiger partial charge in [0.1, 0.15) is 11.1 Å². The zero-order valence-corrected chi connectivity index (χ0v) is 12.5. The van der Waals surface area contributed by atoms with Crippen LogP contribution in [0.2, 0.25) is 0 Å². The molecule has 0 spiro atoms. The number of aliphatic hydroxyl groups is 1. The van der Waals surface area contributed by atoms with Gasteiger partial charge in [0.2, 0.25) is 0 Å². The van der Waals surface area contributed by atoms with Crippen LogP contribution in [0.1, 0.15) is 41.9 Å². The van der Waals surface area contributed by atoms with Crippen LogP contribution in [0.5, 0.6) is 0 Å². The van der Waals surface area contributed by atoms with Crippen molar-refractivity contribution in [3.63, 3.8) is 0 Å². The van der Waals surface area contributed by atoms with Gasteiger partial charge >= 0.3 is 5.97 Å². The van der Waals surface area contributed by atoms with Gasteiger partial charge in [0, 0.05) is 11.4 Å². The van der Waals surface area contributed by atoms with E-state index in [-0.39, 0.29) is 17.7 Å². The van der Waals surface area contributed by atoms with Crippen LogP contribution in [0.4, 0.5) is 0 Å². The zero-order valence-electron chi connectivity index (χ0n) is 11.7. The molecule has 1 heterocycles. The fourth-order valence-electron chi connectivity index (χ4n) is 1.98. The van der Waals surface area contributed by atoms with Gasteiger partial charge < -0.3 is 19.8 Å². The van der Waals surface area contributed by atoms with E-state index in [4.69, 9.17) is 5.11 Å². The number of aliphatic hydroxyl groups excluding tert-OH is 1. The molecule has 0 unspecified atom stereocenters. The highest BCUT2D eigenvalue weighted by Crippen LogP contribution is 2.26. The minimum absolute atomic E-state index is 0.0348. The largest absolute Gasteiger partial charge is 0.476 e. The van der Waals surface area contributed by atoms with Crippen LogP contribution in [0, 0.1) is 5.92 Å². The molecular formula is C12H18BN2O4S. The van der Waals surface area contributed by atoms with Gasteiger partial charge in [0.15, 0.2) is 5.69 Å².